The Morgan fingerprint density at radius 1 is 1.37 bits per heavy atom. The minimum atomic E-state index is 0.394. The van der Waals surface area contributed by atoms with Crippen molar-refractivity contribution in [3.05, 3.63) is 17.8 Å². The van der Waals surface area contributed by atoms with Crippen LogP contribution < -0.4 is 16.0 Å². The average molecular weight is 262 g/mol. The second kappa shape index (κ2) is 6.24. The molecule has 1 heterocycles. The summed E-state index contributed by atoms with van der Waals surface area (Å²) in [6, 6.07) is 3.08. The van der Waals surface area contributed by atoms with Crippen LogP contribution in [0.2, 0.25) is 0 Å². The van der Waals surface area contributed by atoms with Gasteiger partial charge in [-0.3, -0.25) is 0 Å². The molecule has 0 saturated heterocycles. The van der Waals surface area contributed by atoms with E-state index in [0.29, 0.717) is 12.1 Å². The molecule has 0 aliphatic heterocycles. The van der Waals surface area contributed by atoms with Gasteiger partial charge < -0.3 is 16.0 Å². The molecule has 0 radical (unpaired) electrons. The van der Waals surface area contributed by atoms with E-state index in [9.17, 15) is 0 Å². The number of aryl methyl sites for hydroxylation is 1. The third-order valence-corrected chi connectivity index (χ3v) is 4.08. The summed E-state index contributed by atoms with van der Waals surface area (Å²) >= 11 is 0. The number of nitrogens with one attached hydrogen (secondary N) is 1. The Kier molecular flexibility index (Phi) is 4.64. The van der Waals surface area contributed by atoms with Gasteiger partial charge in [0.25, 0.3) is 0 Å². The van der Waals surface area contributed by atoms with Gasteiger partial charge in [-0.05, 0) is 45.1 Å². The van der Waals surface area contributed by atoms with Gasteiger partial charge in [0.15, 0.2) is 0 Å². The van der Waals surface area contributed by atoms with E-state index in [1.54, 1.807) is 0 Å². The quantitative estimate of drug-likeness (QED) is 0.875. The lowest BCUT2D eigenvalue weighted by atomic mass is 9.92. The van der Waals surface area contributed by atoms with E-state index in [4.69, 9.17) is 5.73 Å². The van der Waals surface area contributed by atoms with Crippen molar-refractivity contribution in [2.24, 2.45) is 5.73 Å². The molecule has 0 bridgehead atoms. The van der Waals surface area contributed by atoms with Crippen molar-refractivity contribution in [1.82, 2.24) is 4.98 Å². The Hall–Kier alpha value is -1.29. The maximum atomic E-state index is 5.94. The molecule has 1 aromatic rings. The molecule has 0 spiro atoms. The third-order valence-electron chi connectivity index (χ3n) is 4.08. The molecular formula is C15H26N4. The summed E-state index contributed by atoms with van der Waals surface area (Å²) in [7, 11) is 2.12. The molecule has 106 valence electrons. The SMILES string of the molecule is CCN(C)c1cc(N[C@H]2CC[C@@H](N)CC2)ncc1C. The molecule has 1 aliphatic carbocycles. The van der Waals surface area contributed by atoms with E-state index in [0.717, 1.165) is 38.0 Å². The number of rotatable bonds is 4. The molecule has 3 N–H and O–H groups in total. The van der Waals surface area contributed by atoms with Gasteiger partial charge in [-0.15, -0.1) is 0 Å². The second-order valence-electron chi connectivity index (χ2n) is 5.63. The summed E-state index contributed by atoms with van der Waals surface area (Å²) in [6.07, 6.45) is 6.49. The number of pyridine rings is 1. The highest BCUT2D eigenvalue weighted by Gasteiger charge is 2.18. The van der Waals surface area contributed by atoms with Gasteiger partial charge in [-0.1, -0.05) is 0 Å². The smallest absolute Gasteiger partial charge is 0.128 e. The van der Waals surface area contributed by atoms with Gasteiger partial charge in [0, 0.05) is 43.6 Å². The molecule has 4 heteroatoms. The molecule has 2 rings (SSSR count). The maximum Gasteiger partial charge on any atom is 0.128 e. The fraction of sp³-hybridized carbons (Fsp3) is 0.667. The molecule has 1 saturated carbocycles. The maximum absolute atomic E-state index is 5.94. The van der Waals surface area contributed by atoms with E-state index in [-0.39, 0.29) is 0 Å². The molecule has 0 amide bonds. The Labute approximate surface area is 116 Å². The summed E-state index contributed by atoms with van der Waals surface area (Å²) in [6.45, 7) is 5.27. The number of hydrogen-bond acceptors (Lipinski definition) is 4. The van der Waals surface area contributed by atoms with E-state index >= 15 is 0 Å². The molecule has 0 aromatic carbocycles. The molecule has 1 aliphatic rings. The molecule has 4 nitrogen and oxygen atoms in total. The lowest BCUT2D eigenvalue weighted by Gasteiger charge is -2.28. The van der Waals surface area contributed by atoms with Crippen molar-refractivity contribution in [1.29, 1.82) is 0 Å². The number of nitrogens with zero attached hydrogens (tertiary/aromatic N) is 2. The Morgan fingerprint density at radius 3 is 2.68 bits per heavy atom. The second-order valence-corrected chi connectivity index (χ2v) is 5.63. The van der Waals surface area contributed by atoms with Crippen LogP contribution in [-0.2, 0) is 0 Å². The minimum absolute atomic E-state index is 0.394. The van der Waals surface area contributed by atoms with E-state index in [1.165, 1.54) is 11.3 Å². The summed E-state index contributed by atoms with van der Waals surface area (Å²) in [5, 5.41) is 3.55. The van der Waals surface area contributed by atoms with Gasteiger partial charge in [-0.2, -0.15) is 0 Å². The molecule has 0 unspecified atom stereocenters. The van der Waals surface area contributed by atoms with Crippen LogP contribution >= 0.6 is 0 Å². The zero-order valence-corrected chi connectivity index (χ0v) is 12.3. The van der Waals surface area contributed by atoms with Crippen LogP contribution in [-0.4, -0.2) is 30.7 Å². The highest BCUT2D eigenvalue weighted by atomic mass is 15.1. The number of aromatic nitrogens is 1. The largest absolute Gasteiger partial charge is 0.375 e. The number of hydrogen-bond donors (Lipinski definition) is 2. The summed E-state index contributed by atoms with van der Waals surface area (Å²) in [5.41, 5.74) is 8.42. The zero-order chi connectivity index (χ0) is 13.8. The van der Waals surface area contributed by atoms with Crippen molar-refractivity contribution in [2.45, 2.75) is 51.6 Å². The lowest BCUT2D eigenvalue weighted by molar-refractivity contribution is 0.410. The van der Waals surface area contributed by atoms with Crippen LogP contribution in [0.5, 0.6) is 0 Å². The molecule has 1 aromatic heterocycles. The summed E-state index contributed by atoms with van der Waals surface area (Å²) in [4.78, 5) is 6.75. The third kappa shape index (κ3) is 3.60. The van der Waals surface area contributed by atoms with Gasteiger partial charge in [0.2, 0.25) is 0 Å². The van der Waals surface area contributed by atoms with E-state index in [1.807, 2.05) is 6.20 Å². The first-order valence-corrected chi connectivity index (χ1v) is 7.30. The monoisotopic (exact) mass is 262 g/mol. The first-order valence-electron chi connectivity index (χ1n) is 7.30. The first-order chi connectivity index (χ1) is 9.10. The fourth-order valence-corrected chi connectivity index (χ4v) is 2.65. The van der Waals surface area contributed by atoms with Crippen LogP contribution in [0.3, 0.4) is 0 Å². The highest BCUT2D eigenvalue weighted by Crippen LogP contribution is 2.24. The number of anilines is 2. The Bertz CT molecular complexity index is 411. The van der Waals surface area contributed by atoms with Crippen molar-refractivity contribution in [3.63, 3.8) is 0 Å². The van der Waals surface area contributed by atoms with Gasteiger partial charge in [0.05, 0.1) is 0 Å². The standard InChI is InChI=1S/C15H26N4/c1-4-19(3)14-9-15(17-10-11(14)2)18-13-7-5-12(16)6-8-13/h9-10,12-13H,4-8,16H2,1-3H3,(H,17,18)/t12-,13+. The van der Waals surface area contributed by atoms with E-state index < -0.39 is 0 Å². The van der Waals surface area contributed by atoms with Crippen LogP contribution in [0.25, 0.3) is 0 Å². The summed E-state index contributed by atoms with van der Waals surface area (Å²) in [5.74, 6) is 0.987. The Balaban J connectivity index is 2.04. The first kappa shape index (κ1) is 14.1. The zero-order valence-electron chi connectivity index (χ0n) is 12.3. The summed E-state index contributed by atoms with van der Waals surface area (Å²) < 4.78 is 0. The Morgan fingerprint density at radius 2 is 2.05 bits per heavy atom. The fourth-order valence-electron chi connectivity index (χ4n) is 2.65. The van der Waals surface area contributed by atoms with Crippen molar-refractivity contribution < 1.29 is 0 Å². The van der Waals surface area contributed by atoms with Crippen LogP contribution in [0.15, 0.2) is 12.3 Å². The van der Waals surface area contributed by atoms with Crippen molar-refractivity contribution in [2.75, 3.05) is 23.8 Å². The van der Waals surface area contributed by atoms with Crippen LogP contribution in [0.1, 0.15) is 38.2 Å². The minimum Gasteiger partial charge on any atom is -0.375 e. The van der Waals surface area contributed by atoms with Crippen molar-refractivity contribution in [3.8, 4) is 0 Å². The predicted molar refractivity (Wildman–Crippen MR) is 81.8 cm³/mol. The van der Waals surface area contributed by atoms with E-state index in [2.05, 4.69) is 42.2 Å². The number of nitrogens with two attached hydrogens (primary N) is 1. The van der Waals surface area contributed by atoms with Gasteiger partial charge in [0.1, 0.15) is 5.82 Å². The normalized spacial score (nSPS) is 23.2. The van der Waals surface area contributed by atoms with Crippen molar-refractivity contribution >= 4 is 11.5 Å². The molecule has 0 atom stereocenters. The lowest BCUT2D eigenvalue weighted by Crippen LogP contribution is -2.33. The molecule has 1 fully saturated rings. The van der Waals surface area contributed by atoms with Gasteiger partial charge >= 0.3 is 0 Å². The van der Waals surface area contributed by atoms with Crippen LogP contribution in [0, 0.1) is 6.92 Å². The highest BCUT2D eigenvalue weighted by molar-refractivity contribution is 5.58. The molecule has 19 heavy (non-hydrogen) atoms. The predicted octanol–water partition coefficient (Wildman–Crippen LogP) is 2.53. The topological polar surface area (TPSA) is 54.2 Å². The molecular weight excluding hydrogens is 236 g/mol. The van der Waals surface area contributed by atoms with Crippen LogP contribution in [0.4, 0.5) is 11.5 Å². The average Bonchev–Trinajstić information content (AvgIpc) is 2.42. The van der Waals surface area contributed by atoms with Gasteiger partial charge in [-0.25, -0.2) is 4.98 Å².